The summed E-state index contributed by atoms with van der Waals surface area (Å²) in [5.41, 5.74) is -0.241. The number of likely N-dealkylation sites (tertiary alicyclic amines) is 1. The fourth-order valence-electron chi connectivity index (χ4n) is 3.37. The largest absolute Gasteiger partial charge is 0.396 e. The summed E-state index contributed by atoms with van der Waals surface area (Å²) < 4.78 is 5.05. The first-order valence-corrected chi connectivity index (χ1v) is 8.91. The highest BCUT2D eigenvalue weighted by Gasteiger charge is 2.43. The minimum Gasteiger partial charge on any atom is -0.396 e. The van der Waals surface area contributed by atoms with Gasteiger partial charge in [0.2, 0.25) is 5.91 Å². The molecule has 0 spiro atoms. The van der Waals surface area contributed by atoms with Gasteiger partial charge in [-0.05, 0) is 31.4 Å². The molecule has 0 aliphatic carbocycles. The Balaban J connectivity index is 1.92. The lowest BCUT2D eigenvalue weighted by atomic mass is 9.74. The van der Waals surface area contributed by atoms with Crippen molar-refractivity contribution in [1.82, 2.24) is 10.2 Å². The van der Waals surface area contributed by atoms with Gasteiger partial charge in [-0.15, -0.1) is 0 Å². The van der Waals surface area contributed by atoms with Crippen LogP contribution in [0.25, 0.3) is 0 Å². The van der Waals surface area contributed by atoms with Crippen LogP contribution in [0.1, 0.15) is 29.6 Å². The number of carbonyl (C=O) groups excluding carboxylic acids is 2. The Bertz CT molecular complexity index is 595. The van der Waals surface area contributed by atoms with Gasteiger partial charge in [-0.25, -0.2) is 0 Å². The predicted octanol–water partition coefficient (Wildman–Crippen LogP) is 0.415. The van der Waals surface area contributed by atoms with Crippen LogP contribution in [0.5, 0.6) is 0 Å². The van der Waals surface area contributed by atoms with Gasteiger partial charge in [-0.1, -0.05) is 18.2 Å². The molecule has 0 bridgehead atoms. The number of benzene rings is 1. The average Bonchev–Trinajstić information content (AvgIpc) is 2.68. The van der Waals surface area contributed by atoms with Crippen LogP contribution in [0.2, 0.25) is 0 Å². The van der Waals surface area contributed by atoms with Gasteiger partial charge in [0, 0.05) is 37.8 Å². The molecule has 0 saturated carbocycles. The van der Waals surface area contributed by atoms with E-state index in [-0.39, 0.29) is 31.5 Å². The van der Waals surface area contributed by atoms with E-state index in [4.69, 9.17) is 4.74 Å². The number of rotatable bonds is 8. The Hall–Kier alpha value is -1.96. The molecule has 7 heteroatoms. The number of amides is 2. The summed E-state index contributed by atoms with van der Waals surface area (Å²) in [6.45, 7) is 0.915. The lowest BCUT2D eigenvalue weighted by molar-refractivity contribution is -0.141. The van der Waals surface area contributed by atoms with Crippen molar-refractivity contribution in [3.05, 3.63) is 35.9 Å². The average molecular weight is 364 g/mol. The van der Waals surface area contributed by atoms with Crippen molar-refractivity contribution in [2.75, 3.05) is 40.0 Å². The van der Waals surface area contributed by atoms with E-state index in [0.717, 1.165) is 0 Å². The van der Waals surface area contributed by atoms with E-state index >= 15 is 0 Å². The van der Waals surface area contributed by atoms with Crippen molar-refractivity contribution in [1.29, 1.82) is 0 Å². The van der Waals surface area contributed by atoms with Gasteiger partial charge >= 0.3 is 0 Å². The van der Waals surface area contributed by atoms with Gasteiger partial charge in [-0.3, -0.25) is 9.59 Å². The summed E-state index contributed by atoms with van der Waals surface area (Å²) in [7, 11) is 1.61. The second-order valence-corrected chi connectivity index (χ2v) is 6.79. The van der Waals surface area contributed by atoms with Crippen LogP contribution in [-0.4, -0.2) is 73.0 Å². The number of methoxy groups -OCH3 is 1. The number of nitrogens with one attached hydrogen (secondary N) is 1. The maximum atomic E-state index is 12.5. The van der Waals surface area contributed by atoms with Gasteiger partial charge in [0.25, 0.3) is 5.91 Å². The van der Waals surface area contributed by atoms with Crippen LogP contribution in [-0.2, 0) is 9.53 Å². The number of nitrogens with zero attached hydrogens (tertiary/aromatic N) is 1. The molecule has 1 aliphatic heterocycles. The van der Waals surface area contributed by atoms with E-state index in [1.54, 1.807) is 36.3 Å². The molecule has 1 aliphatic rings. The highest BCUT2D eigenvalue weighted by molar-refractivity contribution is 5.96. The van der Waals surface area contributed by atoms with E-state index in [1.807, 2.05) is 6.07 Å². The lowest BCUT2D eigenvalue weighted by Gasteiger charge is -2.45. The SMILES string of the molecule is COCCC[C@@]1(CO)CN(C(=O)CNC(=O)c2ccccc2)CC[C@H]1O. The maximum Gasteiger partial charge on any atom is 0.251 e. The van der Waals surface area contributed by atoms with Gasteiger partial charge in [-0.2, -0.15) is 0 Å². The summed E-state index contributed by atoms with van der Waals surface area (Å²) in [6.07, 6.45) is 1.01. The molecule has 0 aromatic heterocycles. The summed E-state index contributed by atoms with van der Waals surface area (Å²) in [5.74, 6) is -0.518. The Morgan fingerprint density at radius 1 is 1.35 bits per heavy atom. The molecule has 1 fully saturated rings. The Kier molecular flexibility index (Phi) is 7.56. The molecule has 1 aromatic rings. The van der Waals surface area contributed by atoms with Crippen LogP contribution in [0, 0.1) is 5.41 Å². The molecule has 1 heterocycles. The summed E-state index contributed by atoms with van der Waals surface area (Å²) in [6, 6.07) is 8.71. The predicted molar refractivity (Wildman–Crippen MR) is 96.6 cm³/mol. The van der Waals surface area contributed by atoms with E-state index in [2.05, 4.69) is 5.32 Å². The minimum atomic E-state index is -0.740. The van der Waals surface area contributed by atoms with E-state index in [9.17, 15) is 19.8 Å². The molecule has 0 unspecified atom stereocenters. The summed E-state index contributed by atoms with van der Waals surface area (Å²) in [5, 5.41) is 22.9. The zero-order chi connectivity index (χ0) is 19.0. The Morgan fingerprint density at radius 2 is 2.08 bits per heavy atom. The number of aliphatic hydroxyl groups is 2. The summed E-state index contributed by atoms with van der Waals surface area (Å²) >= 11 is 0. The second-order valence-electron chi connectivity index (χ2n) is 6.79. The molecule has 2 rings (SSSR count). The monoisotopic (exact) mass is 364 g/mol. The number of piperidine rings is 1. The van der Waals surface area contributed by atoms with Crippen molar-refractivity contribution < 1.29 is 24.5 Å². The molecule has 0 radical (unpaired) electrons. The number of aliphatic hydroxyl groups excluding tert-OH is 2. The number of ether oxygens (including phenoxy) is 1. The van der Waals surface area contributed by atoms with Crippen molar-refractivity contribution in [2.45, 2.75) is 25.4 Å². The van der Waals surface area contributed by atoms with Crippen LogP contribution in [0.15, 0.2) is 30.3 Å². The van der Waals surface area contributed by atoms with Gasteiger partial charge in [0.15, 0.2) is 0 Å². The van der Waals surface area contributed by atoms with Crippen LogP contribution < -0.4 is 5.32 Å². The highest BCUT2D eigenvalue weighted by atomic mass is 16.5. The van der Waals surface area contributed by atoms with Crippen LogP contribution in [0.4, 0.5) is 0 Å². The normalized spacial score (nSPS) is 22.9. The van der Waals surface area contributed by atoms with Crippen molar-refractivity contribution in [3.63, 3.8) is 0 Å². The molecule has 2 atom stereocenters. The van der Waals surface area contributed by atoms with Gasteiger partial charge < -0.3 is 25.2 Å². The molecular weight excluding hydrogens is 336 g/mol. The van der Waals surface area contributed by atoms with Crippen molar-refractivity contribution in [3.8, 4) is 0 Å². The second kappa shape index (κ2) is 9.66. The minimum absolute atomic E-state index is 0.108. The quantitative estimate of drug-likeness (QED) is 0.581. The van der Waals surface area contributed by atoms with Crippen LogP contribution in [0.3, 0.4) is 0 Å². The third kappa shape index (κ3) is 5.03. The van der Waals surface area contributed by atoms with E-state index in [1.165, 1.54) is 0 Å². The van der Waals surface area contributed by atoms with E-state index < -0.39 is 11.5 Å². The van der Waals surface area contributed by atoms with Gasteiger partial charge in [0.05, 0.1) is 19.3 Å². The molecular formula is C19H28N2O5. The number of hydrogen-bond donors (Lipinski definition) is 3. The molecule has 3 N–H and O–H groups in total. The number of hydrogen-bond acceptors (Lipinski definition) is 5. The number of carbonyl (C=O) groups is 2. The van der Waals surface area contributed by atoms with Crippen molar-refractivity contribution >= 4 is 11.8 Å². The summed E-state index contributed by atoms with van der Waals surface area (Å²) in [4.78, 5) is 26.2. The molecule has 26 heavy (non-hydrogen) atoms. The van der Waals surface area contributed by atoms with Crippen molar-refractivity contribution in [2.24, 2.45) is 5.41 Å². The molecule has 2 amide bonds. The van der Waals surface area contributed by atoms with E-state index in [0.29, 0.717) is 38.0 Å². The smallest absolute Gasteiger partial charge is 0.251 e. The maximum absolute atomic E-state index is 12.5. The molecule has 1 aromatic carbocycles. The standard InChI is InChI=1S/C19H28N2O5/c1-26-11-5-9-19(14-22)13-21(10-8-16(19)23)17(24)12-20-18(25)15-6-3-2-4-7-15/h2-4,6-7,16,22-23H,5,8-14H2,1H3,(H,20,25)/t16-,19+/m1/s1. The topological polar surface area (TPSA) is 99.1 Å². The zero-order valence-electron chi connectivity index (χ0n) is 15.2. The fourth-order valence-corrected chi connectivity index (χ4v) is 3.37. The van der Waals surface area contributed by atoms with Crippen LogP contribution >= 0.6 is 0 Å². The first-order valence-electron chi connectivity index (χ1n) is 8.91. The molecule has 7 nitrogen and oxygen atoms in total. The van der Waals surface area contributed by atoms with Gasteiger partial charge in [0.1, 0.15) is 0 Å². The Labute approximate surface area is 154 Å². The first-order chi connectivity index (χ1) is 12.5. The Morgan fingerprint density at radius 3 is 2.73 bits per heavy atom. The highest BCUT2D eigenvalue weighted by Crippen LogP contribution is 2.34. The molecule has 144 valence electrons. The molecule has 1 saturated heterocycles. The lowest BCUT2D eigenvalue weighted by Crippen LogP contribution is -2.56. The third-order valence-electron chi connectivity index (χ3n) is 5.01. The first kappa shape index (κ1) is 20.4. The zero-order valence-corrected chi connectivity index (χ0v) is 15.2. The third-order valence-corrected chi connectivity index (χ3v) is 5.01. The fraction of sp³-hybridized carbons (Fsp3) is 0.579.